The van der Waals surface area contributed by atoms with Gasteiger partial charge in [-0.25, -0.2) is 0 Å². The maximum atomic E-state index is 8.71. The minimum Gasteiger partial charge on any atom is -0.320 e. The van der Waals surface area contributed by atoms with E-state index in [0.717, 1.165) is 18.5 Å². The number of hydrogen-bond acceptors (Lipinski definition) is 2. The van der Waals surface area contributed by atoms with Gasteiger partial charge < -0.3 is 5.32 Å². The summed E-state index contributed by atoms with van der Waals surface area (Å²) in [5, 5.41) is 11.7. The van der Waals surface area contributed by atoms with E-state index in [9.17, 15) is 0 Å². The number of nitrogens with one attached hydrogen (secondary N) is 1. The van der Waals surface area contributed by atoms with E-state index < -0.39 is 0 Å². The summed E-state index contributed by atoms with van der Waals surface area (Å²) < 4.78 is 0. The van der Waals surface area contributed by atoms with Gasteiger partial charge in [0, 0.05) is 0 Å². The number of hydrogen-bond donors (Lipinski definition) is 1. The summed E-state index contributed by atoms with van der Waals surface area (Å²) >= 11 is 6.16. The van der Waals surface area contributed by atoms with Crippen LogP contribution in [0.15, 0.2) is 24.3 Å². The second-order valence-electron chi connectivity index (χ2n) is 3.10. The molecule has 0 bridgehead atoms. The van der Waals surface area contributed by atoms with Crippen molar-refractivity contribution >= 4 is 24.0 Å². The smallest absolute Gasteiger partial charge is 0.0991 e. The first kappa shape index (κ1) is 14.2. The van der Waals surface area contributed by atoms with Crippen LogP contribution in [0.4, 0.5) is 0 Å². The molecule has 1 aromatic rings. The van der Waals surface area contributed by atoms with Crippen LogP contribution in [0.5, 0.6) is 0 Å². The third-order valence-corrected chi connectivity index (χ3v) is 2.50. The van der Waals surface area contributed by atoms with Crippen molar-refractivity contribution in [1.82, 2.24) is 5.32 Å². The lowest BCUT2D eigenvalue weighted by Gasteiger charge is -2.09. The standard InChI is InChI=1S/C11H13ClN2.ClH/c1-14-6-5-11(12)10-4-2-3-9(7-10)8-13;/h2-4,7,11,14H,5-6H2,1H3;1H. The second kappa shape index (κ2) is 7.53. The van der Waals surface area contributed by atoms with Crippen LogP contribution in [0.25, 0.3) is 0 Å². The molecule has 1 aromatic carbocycles. The molecular formula is C11H14Cl2N2. The Bertz CT molecular complexity index is 334. The lowest BCUT2D eigenvalue weighted by molar-refractivity contribution is 0.709. The Morgan fingerprint density at radius 1 is 1.53 bits per heavy atom. The van der Waals surface area contributed by atoms with Crippen molar-refractivity contribution in [3.8, 4) is 6.07 Å². The minimum atomic E-state index is -0.0178. The topological polar surface area (TPSA) is 35.8 Å². The summed E-state index contributed by atoms with van der Waals surface area (Å²) in [5.41, 5.74) is 1.68. The van der Waals surface area contributed by atoms with E-state index in [4.69, 9.17) is 16.9 Å². The fourth-order valence-electron chi connectivity index (χ4n) is 1.24. The molecule has 0 aliphatic carbocycles. The van der Waals surface area contributed by atoms with Gasteiger partial charge in [-0.3, -0.25) is 0 Å². The molecule has 0 aliphatic rings. The maximum Gasteiger partial charge on any atom is 0.0991 e. The monoisotopic (exact) mass is 244 g/mol. The van der Waals surface area contributed by atoms with Gasteiger partial charge in [-0.15, -0.1) is 24.0 Å². The van der Waals surface area contributed by atoms with E-state index in [-0.39, 0.29) is 17.8 Å². The summed E-state index contributed by atoms with van der Waals surface area (Å²) in [4.78, 5) is 0. The number of alkyl halides is 1. The Balaban J connectivity index is 0.00000196. The normalized spacial score (nSPS) is 11.3. The van der Waals surface area contributed by atoms with Crippen LogP contribution >= 0.6 is 24.0 Å². The van der Waals surface area contributed by atoms with Crippen molar-refractivity contribution in [2.75, 3.05) is 13.6 Å². The van der Waals surface area contributed by atoms with Crippen LogP contribution in [-0.2, 0) is 0 Å². The predicted molar refractivity (Wildman–Crippen MR) is 65.5 cm³/mol. The maximum absolute atomic E-state index is 8.71. The van der Waals surface area contributed by atoms with Crippen molar-refractivity contribution < 1.29 is 0 Å². The Morgan fingerprint density at radius 3 is 2.87 bits per heavy atom. The minimum absolute atomic E-state index is 0. The van der Waals surface area contributed by atoms with Gasteiger partial charge in [-0.1, -0.05) is 12.1 Å². The van der Waals surface area contributed by atoms with Crippen molar-refractivity contribution in [2.24, 2.45) is 0 Å². The molecule has 0 amide bonds. The molecule has 0 spiro atoms. The molecule has 1 atom stereocenters. The fourth-order valence-corrected chi connectivity index (χ4v) is 1.49. The van der Waals surface area contributed by atoms with Gasteiger partial charge in [0.15, 0.2) is 0 Å². The Labute approximate surface area is 102 Å². The number of benzene rings is 1. The molecule has 0 aromatic heterocycles. The number of nitrogens with zero attached hydrogens (tertiary/aromatic N) is 1. The van der Waals surface area contributed by atoms with E-state index in [1.165, 1.54) is 0 Å². The van der Waals surface area contributed by atoms with Gasteiger partial charge in [-0.05, 0) is 37.7 Å². The van der Waals surface area contributed by atoms with Crippen LogP contribution < -0.4 is 5.32 Å². The van der Waals surface area contributed by atoms with Crippen molar-refractivity contribution in [1.29, 1.82) is 5.26 Å². The Morgan fingerprint density at radius 2 is 2.27 bits per heavy atom. The average Bonchev–Trinajstić information content (AvgIpc) is 2.26. The van der Waals surface area contributed by atoms with Gasteiger partial charge in [-0.2, -0.15) is 5.26 Å². The lowest BCUT2D eigenvalue weighted by Crippen LogP contribution is -2.09. The third-order valence-electron chi connectivity index (χ3n) is 2.03. The largest absolute Gasteiger partial charge is 0.320 e. The van der Waals surface area contributed by atoms with E-state index in [0.29, 0.717) is 5.56 Å². The summed E-state index contributed by atoms with van der Waals surface area (Å²) in [6.45, 7) is 0.880. The molecule has 0 heterocycles. The zero-order valence-electron chi connectivity index (χ0n) is 8.53. The van der Waals surface area contributed by atoms with Crippen molar-refractivity contribution in [3.63, 3.8) is 0 Å². The van der Waals surface area contributed by atoms with Crippen LogP contribution in [0, 0.1) is 11.3 Å². The summed E-state index contributed by atoms with van der Waals surface area (Å²) in [7, 11) is 1.90. The predicted octanol–water partition coefficient (Wildman–Crippen LogP) is 2.87. The van der Waals surface area contributed by atoms with Crippen molar-refractivity contribution in [3.05, 3.63) is 35.4 Å². The highest BCUT2D eigenvalue weighted by atomic mass is 35.5. The molecule has 0 saturated carbocycles. The first-order valence-corrected chi connectivity index (χ1v) is 5.00. The summed E-state index contributed by atoms with van der Waals surface area (Å²) in [5.74, 6) is 0. The highest BCUT2D eigenvalue weighted by Crippen LogP contribution is 2.23. The highest BCUT2D eigenvalue weighted by molar-refractivity contribution is 6.20. The molecule has 1 N–H and O–H groups in total. The molecule has 0 aliphatic heterocycles. The molecular weight excluding hydrogens is 231 g/mol. The van der Waals surface area contributed by atoms with Crippen LogP contribution in [0.1, 0.15) is 22.9 Å². The van der Waals surface area contributed by atoms with Gasteiger partial charge in [0.05, 0.1) is 17.0 Å². The van der Waals surface area contributed by atoms with E-state index in [1.807, 2.05) is 25.2 Å². The van der Waals surface area contributed by atoms with Gasteiger partial charge in [0.2, 0.25) is 0 Å². The third kappa shape index (κ3) is 4.53. The van der Waals surface area contributed by atoms with E-state index >= 15 is 0 Å². The lowest BCUT2D eigenvalue weighted by atomic mass is 10.1. The molecule has 82 valence electrons. The molecule has 1 rings (SSSR count). The molecule has 4 heteroatoms. The van der Waals surface area contributed by atoms with E-state index in [2.05, 4.69) is 11.4 Å². The zero-order valence-corrected chi connectivity index (χ0v) is 10.1. The average molecular weight is 245 g/mol. The van der Waals surface area contributed by atoms with Gasteiger partial charge >= 0.3 is 0 Å². The highest BCUT2D eigenvalue weighted by Gasteiger charge is 2.07. The number of halogens is 2. The quantitative estimate of drug-likeness (QED) is 0.828. The fraction of sp³-hybridized carbons (Fsp3) is 0.364. The molecule has 15 heavy (non-hydrogen) atoms. The van der Waals surface area contributed by atoms with Crippen LogP contribution in [-0.4, -0.2) is 13.6 Å². The molecule has 0 radical (unpaired) electrons. The van der Waals surface area contributed by atoms with E-state index in [1.54, 1.807) is 6.07 Å². The number of nitriles is 1. The van der Waals surface area contributed by atoms with Crippen LogP contribution in [0.3, 0.4) is 0 Å². The number of rotatable bonds is 4. The molecule has 0 saturated heterocycles. The Hall–Kier alpha value is -0.750. The van der Waals surface area contributed by atoms with Crippen LogP contribution in [0.2, 0.25) is 0 Å². The SMILES string of the molecule is CNCCC(Cl)c1cccc(C#N)c1.Cl. The molecule has 2 nitrogen and oxygen atoms in total. The molecule has 1 unspecified atom stereocenters. The van der Waals surface area contributed by atoms with Crippen molar-refractivity contribution in [2.45, 2.75) is 11.8 Å². The zero-order chi connectivity index (χ0) is 10.4. The summed E-state index contributed by atoms with van der Waals surface area (Å²) in [6.07, 6.45) is 0.868. The first-order valence-electron chi connectivity index (χ1n) is 4.56. The Kier molecular flexibility index (Phi) is 7.15. The first-order chi connectivity index (χ1) is 6.77. The van der Waals surface area contributed by atoms with Gasteiger partial charge in [0.25, 0.3) is 0 Å². The molecule has 0 fully saturated rings. The van der Waals surface area contributed by atoms with Gasteiger partial charge in [0.1, 0.15) is 0 Å². The second-order valence-corrected chi connectivity index (χ2v) is 3.62. The summed E-state index contributed by atoms with van der Waals surface area (Å²) in [6, 6.07) is 9.54.